The second-order valence-corrected chi connectivity index (χ2v) is 5.45. The second-order valence-electron chi connectivity index (χ2n) is 5.45. The average Bonchev–Trinajstić information content (AvgIpc) is 2.48. The third-order valence-corrected chi connectivity index (χ3v) is 3.72. The molecule has 0 aliphatic heterocycles. The van der Waals surface area contributed by atoms with Gasteiger partial charge in [0, 0.05) is 25.2 Å². The smallest absolute Gasteiger partial charge is 0.0923 e. The molecule has 2 aromatic carbocycles. The predicted molar refractivity (Wildman–Crippen MR) is 89.9 cm³/mol. The Morgan fingerprint density at radius 1 is 1.05 bits per heavy atom. The Balaban J connectivity index is 2.18. The minimum atomic E-state index is 0.232. The molecule has 21 heavy (non-hydrogen) atoms. The normalized spacial score (nSPS) is 10.4. The number of anilines is 1. The SMILES string of the molecule is Cc1ccc(CN(CCC(=N)N)c2ccccc2)cc1C. The Labute approximate surface area is 126 Å². The molecule has 0 saturated heterocycles. The number of nitrogens with one attached hydrogen (secondary N) is 1. The summed E-state index contributed by atoms with van der Waals surface area (Å²) in [6.45, 7) is 5.86. The summed E-state index contributed by atoms with van der Waals surface area (Å²) >= 11 is 0. The summed E-state index contributed by atoms with van der Waals surface area (Å²) in [5, 5.41) is 7.44. The van der Waals surface area contributed by atoms with Crippen molar-refractivity contribution in [1.82, 2.24) is 0 Å². The van der Waals surface area contributed by atoms with Crippen molar-refractivity contribution in [3.05, 3.63) is 65.2 Å². The van der Waals surface area contributed by atoms with E-state index in [1.165, 1.54) is 16.7 Å². The molecular weight excluding hydrogens is 258 g/mol. The van der Waals surface area contributed by atoms with Gasteiger partial charge in [-0.15, -0.1) is 0 Å². The topological polar surface area (TPSA) is 53.1 Å². The lowest BCUT2D eigenvalue weighted by Crippen LogP contribution is -2.27. The first-order chi connectivity index (χ1) is 10.1. The third-order valence-electron chi connectivity index (χ3n) is 3.72. The van der Waals surface area contributed by atoms with E-state index in [-0.39, 0.29) is 5.84 Å². The molecule has 0 heterocycles. The van der Waals surface area contributed by atoms with Gasteiger partial charge in [-0.25, -0.2) is 0 Å². The molecule has 0 aliphatic carbocycles. The van der Waals surface area contributed by atoms with Gasteiger partial charge in [0.15, 0.2) is 0 Å². The van der Waals surface area contributed by atoms with E-state index in [0.29, 0.717) is 6.42 Å². The molecule has 2 rings (SSSR count). The number of nitrogens with two attached hydrogens (primary N) is 1. The molecule has 0 amide bonds. The first kappa shape index (κ1) is 15.1. The zero-order valence-corrected chi connectivity index (χ0v) is 12.8. The number of benzene rings is 2. The monoisotopic (exact) mass is 281 g/mol. The van der Waals surface area contributed by atoms with Crippen molar-refractivity contribution in [2.24, 2.45) is 5.73 Å². The Hall–Kier alpha value is -2.29. The van der Waals surface area contributed by atoms with E-state index in [1.807, 2.05) is 18.2 Å². The van der Waals surface area contributed by atoms with Crippen LogP contribution in [0.15, 0.2) is 48.5 Å². The van der Waals surface area contributed by atoms with Crippen LogP contribution in [0.25, 0.3) is 0 Å². The number of rotatable bonds is 6. The van der Waals surface area contributed by atoms with Crippen molar-refractivity contribution in [2.75, 3.05) is 11.4 Å². The fraction of sp³-hybridized carbons (Fsp3) is 0.278. The molecule has 3 N–H and O–H groups in total. The summed E-state index contributed by atoms with van der Waals surface area (Å²) in [5.74, 6) is 0.232. The number of para-hydroxylation sites is 1. The third kappa shape index (κ3) is 4.35. The van der Waals surface area contributed by atoms with E-state index in [4.69, 9.17) is 11.1 Å². The Morgan fingerprint density at radius 2 is 1.76 bits per heavy atom. The standard InChI is InChI=1S/C18H23N3/c1-14-8-9-16(12-15(14)2)13-21(11-10-18(19)20)17-6-4-3-5-7-17/h3-9,12H,10-11,13H2,1-2H3,(H3,19,20). The van der Waals surface area contributed by atoms with Crippen molar-refractivity contribution in [3.8, 4) is 0 Å². The molecule has 0 spiro atoms. The molecular formula is C18H23N3. The van der Waals surface area contributed by atoms with Gasteiger partial charge in [0.1, 0.15) is 0 Å². The van der Waals surface area contributed by atoms with Crippen molar-refractivity contribution >= 4 is 11.5 Å². The highest BCUT2D eigenvalue weighted by atomic mass is 15.1. The number of nitrogens with zero attached hydrogens (tertiary/aromatic N) is 1. The molecule has 0 radical (unpaired) electrons. The number of amidine groups is 1. The van der Waals surface area contributed by atoms with E-state index in [9.17, 15) is 0 Å². The van der Waals surface area contributed by atoms with Crippen LogP contribution in [0, 0.1) is 19.3 Å². The molecule has 0 fully saturated rings. The van der Waals surface area contributed by atoms with Crippen LogP contribution in [0.4, 0.5) is 5.69 Å². The highest BCUT2D eigenvalue weighted by molar-refractivity contribution is 5.77. The van der Waals surface area contributed by atoms with Gasteiger partial charge < -0.3 is 10.6 Å². The Morgan fingerprint density at radius 3 is 2.38 bits per heavy atom. The molecule has 0 bridgehead atoms. The van der Waals surface area contributed by atoms with Crippen LogP contribution in [0.2, 0.25) is 0 Å². The maximum Gasteiger partial charge on any atom is 0.0923 e. The second kappa shape index (κ2) is 6.93. The van der Waals surface area contributed by atoms with E-state index in [1.54, 1.807) is 0 Å². The highest BCUT2D eigenvalue weighted by Crippen LogP contribution is 2.18. The minimum Gasteiger partial charge on any atom is -0.388 e. The first-order valence-corrected chi connectivity index (χ1v) is 7.25. The molecule has 0 unspecified atom stereocenters. The van der Waals surface area contributed by atoms with E-state index >= 15 is 0 Å². The molecule has 110 valence electrons. The van der Waals surface area contributed by atoms with Crippen LogP contribution >= 0.6 is 0 Å². The van der Waals surface area contributed by atoms with Crippen LogP contribution in [-0.2, 0) is 6.54 Å². The molecule has 3 heteroatoms. The van der Waals surface area contributed by atoms with Gasteiger partial charge in [0.05, 0.1) is 5.84 Å². The summed E-state index contributed by atoms with van der Waals surface area (Å²) < 4.78 is 0. The fourth-order valence-electron chi connectivity index (χ4n) is 2.32. The van der Waals surface area contributed by atoms with Gasteiger partial charge in [-0.1, -0.05) is 36.4 Å². The van der Waals surface area contributed by atoms with Crippen molar-refractivity contribution in [3.63, 3.8) is 0 Å². The largest absolute Gasteiger partial charge is 0.388 e. The number of hydrogen-bond acceptors (Lipinski definition) is 2. The van der Waals surface area contributed by atoms with Crippen molar-refractivity contribution in [2.45, 2.75) is 26.8 Å². The summed E-state index contributed by atoms with van der Waals surface area (Å²) in [7, 11) is 0. The van der Waals surface area contributed by atoms with Gasteiger partial charge in [0.2, 0.25) is 0 Å². The molecule has 0 aromatic heterocycles. The summed E-state index contributed by atoms with van der Waals surface area (Å²) in [4.78, 5) is 2.27. The van der Waals surface area contributed by atoms with Crippen molar-refractivity contribution in [1.29, 1.82) is 5.41 Å². The van der Waals surface area contributed by atoms with Crippen LogP contribution in [-0.4, -0.2) is 12.4 Å². The first-order valence-electron chi connectivity index (χ1n) is 7.25. The van der Waals surface area contributed by atoms with E-state index in [0.717, 1.165) is 18.8 Å². The molecule has 0 saturated carbocycles. The predicted octanol–water partition coefficient (Wildman–Crippen LogP) is 3.64. The van der Waals surface area contributed by atoms with Crippen LogP contribution in [0.1, 0.15) is 23.1 Å². The summed E-state index contributed by atoms with van der Waals surface area (Å²) in [6.07, 6.45) is 0.583. The van der Waals surface area contributed by atoms with Gasteiger partial charge >= 0.3 is 0 Å². The quantitative estimate of drug-likeness (QED) is 0.627. The number of aryl methyl sites for hydroxylation is 2. The fourth-order valence-corrected chi connectivity index (χ4v) is 2.32. The van der Waals surface area contributed by atoms with Gasteiger partial charge in [0.25, 0.3) is 0 Å². The van der Waals surface area contributed by atoms with Gasteiger partial charge in [-0.2, -0.15) is 0 Å². The molecule has 2 aromatic rings. The van der Waals surface area contributed by atoms with Crippen molar-refractivity contribution < 1.29 is 0 Å². The molecule has 3 nitrogen and oxygen atoms in total. The van der Waals surface area contributed by atoms with E-state index < -0.39 is 0 Å². The Bertz CT molecular complexity index is 605. The lowest BCUT2D eigenvalue weighted by Gasteiger charge is -2.25. The minimum absolute atomic E-state index is 0.232. The number of hydrogen-bond donors (Lipinski definition) is 2. The van der Waals surface area contributed by atoms with E-state index in [2.05, 4.69) is 49.1 Å². The lowest BCUT2D eigenvalue weighted by atomic mass is 10.1. The lowest BCUT2D eigenvalue weighted by molar-refractivity contribution is 0.801. The van der Waals surface area contributed by atoms with Crippen LogP contribution in [0.5, 0.6) is 0 Å². The summed E-state index contributed by atoms with van der Waals surface area (Å²) in [6, 6.07) is 16.9. The molecule has 0 aliphatic rings. The average molecular weight is 281 g/mol. The van der Waals surface area contributed by atoms with Crippen LogP contribution < -0.4 is 10.6 Å². The summed E-state index contributed by atoms with van der Waals surface area (Å²) in [5.41, 5.74) is 10.6. The zero-order chi connectivity index (χ0) is 15.2. The Kier molecular flexibility index (Phi) is 4.99. The zero-order valence-electron chi connectivity index (χ0n) is 12.8. The van der Waals surface area contributed by atoms with Gasteiger partial charge in [-0.3, -0.25) is 5.41 Å². The van der Waals surface area contributed by atoms with Crippen LogP contribution in [0.3, 0.4) is 0 Å². The maximum atomic E-state index is 7.44. The highest BCUT2D eigenvalue weighted by Gasteiger charge is 2.08. The maximum absolute atomic E-state index is 7.44. The molecule has 0 atom stereocenters. The van der Waals surface area contributed by atoms with Gasteiger partial charge in [-0.05, 0) is 42.7 Å².